The first kappa shape index (κ1) is 30.9. The fourth-order valence-corrected chi connectivity index (χ4v) is 4.70. The summed E-state index contributed by atoms with van der Waals surface area (Å²) in [5.74, 6) is -0.0523. The third kappa shape index (κ3) is 7.84. The number of benzene rings is 3. The highest BCUT2D eigenvalue weighted by Gasteiger charge is 2.33. The average Bonchev–Trinajstić information content (AvgIpc) is 2.95. The Morgan fingerprint density at radius 1 is 1.02 bits per heavy atom. The van der Waals surface area contributed by atoms with Crippen LogP contribution in [0.3, 0.4) is 0 Å². The van der Waals surface area contributed by atoms with Gasteiger partial charge in [-0.25, -0.2) is 22.2 Å². The molecule has 43 heavy (non-hydrogen) atoms. The molecule has 0 unspecified atom stereocenters. The van der Waals surface area contributed by atoms with E-state index in [1.165, 1.54) is 29.2 Å². The Bertz CT molecular complexity index is 1850. The highest BCUT2D eigenvalue weighted by Crippen LogP contribution is 2.32. The molecular formula is C31H22F5N3O3S. The minimum atomic E-state index is -4.76. The van der Waals surface area contributed by atoms with Gasteiger partial charge in [0.25, 0.3) is 5.91 Å². The zero-order chi connectivity index (χ0) is 31.4. The van der Waals surface area contributed by atoms with Gasteiger partial charge in [0, 0.05) is 22.9 Å². The molecule has 0 bridgehead atoms. The van der Waals surface area contributed by atoms with Crippen molar-refractivity contribution in [3.63, 3.8) is 0 Å². The molecule has 3 aromatic carbocycles. The summed E-state index contributed by atoms with van der Waals surface area (Å²) in [4.78, 5) is 18.4. The smallest absolute Gasteiger partial charge is 0.304 e. The second-order valence-electron chi connectivity index (χ2n) is 9.25. The number of carbonyl (C=O) groups is 1. The fourth-order valence-electron chi connectivity index (χ4n) is 4.12. The zero-order valence-electron chi connectivity index (χ0n) is 22.4. The maximum absolute atomic E-state index is 14.9. The van der Waals surface area contributed by atoms with Crippen LogP contribution in [0.5, 0.6) is 0 Å². The van der Waals surface area contributed by atoms with Gasteiger partial charge in [0.1, 0.15) is 17.3 Å². The first-order valence-corrected chi connectivity index (χ1v) is 14.3. The van der Waals surface area contributed by atoms with Crippen molar-refractivity contribution >= 4 is 33.4 Å². The molecule has 0 atom stereocenters. The van der Waals surface area contributed by atoms with Gasteiger partial charge in [-0.15, -0.1) is 6.42 Å². The van der Waals surface area contributed by atoms with E-state index < -0.39 is 45.1 Å². The fraction of sp³-hybridized carbons (Fsp3) is 0.0968. The first-order chi connectivity index (χ1) is 20.2. The van der Waals surface area contributed by atoms with Crippen LogP contribution in [0.1, 0.15) is 22.4 Å². The summed E-state index contributed by atoms with van der Waals surface area (Å²) in [6, 6.07) is 17.4. The molecular weight excluding hydrogens is 589 g/mol. The first-order valence-electron chi connectivity index (χ1n) is 12.4. The van der Waals surface area contributed by atoms with Gasteiger partial charge >= 0.3 is 6.18 Å². The van der Waals surface area contributed by atoms with E-state index in [9.17, 15) is 35.2 Å². The molecule has 6 nitrogen and oxygen atoms in total. The topological polar surface area (TPSA) is 79.4 Å². The monoisotopic (exact) mass is 611 g/mol. The molecule has 0 aliphatic heterocycles. The molecule has 0 saturated heterocycles. The Balaban J connectivity index is 1.73. The van der Waals surface area contributed by atoms with Gasteiger partial charge in [0.05, 0.1) is 29.7 Å². The normalized spacial score (nSPS) is 11.7. The molecule has 1 N–H and O–H groups in total. The van der Waals surface area contributed by atoms with E-state index in [1.807, 2.05) is 4.72 Å². The summed E-state index contributed by atoms with van der Waals surface area (Å²) in [5.41, 5.74) is -1.09. The van der Waals surface area contributed by atoms with Crippen molar-refractivity contribution in [3.05, 3.63) is 119 Å². The van der Waals surface area contributed by atoms with Crippen LogP contribution in [-0.4, -0.2) is 25.6 Å². The predicted molar refractivity (Wildman–Crippen MR) is 154 cm³/mol. The van der Waals surface area contributed by atoms with Gasteiger partial charge in [0.15, 0.2) is 0 Å². The number of nitrogens with zero attached hydrogens (tertiary/aromatic N) is 2. The summed E-state index contributed by atoms with van der Waals surface area (Å²) in [6.07, 6.45) is 3.91. The second-order valence-corrected chi connectivity index (χ2v) is 11.0. The lowest BCUT2D eigenvalue weighted by Crippen LogP contribution is -2.28. The molecule has 4 aromatic rings. The summed E-state index contributed by atoms with van der Waals surface area (Å²) in [5, 5.41) is 0. The van der Waals surface area contributed by atoms with Crippen molar-refractivity contribution < 1.29 is 35.2 Å². The van der Waals surface area contributed by atoms with Crippen LogP contribution >= 0.6 is 0 Å². The highest BCUT2D eigenvalue weighted by molar-refractivity contribution is 7.92. The number of alkyl halides is 3. The molecule has 0 aliphatic carbocycles. The van der Waals surface area contributed by atoms with Crippen molar-refractivity contribution in [1.82, 2.24) is 4.98 Å². The maximum Gasteiger partial charge on any atom is 0.433 e. The number of pyridine rings is 1. The molecule has 1 heterocycles. The molecule has 220 valence electrons. The summed E-state index contributed by atoms with van der Waals surface area (Å²) in [6.45, 7) is -0.208. The van der Waals surface area contributed by atoms with Crippen LogP contribution in [0.15, 0.2) is 84.9 Å². The Hall–Kier alpha value is -5.02. The number of para-hydroxylation sites is 1. The molecule has 0 aliphatic rings. The largest absolute Gasteiger partial charge is 0.433 e. The van der Waals surface area contributed by atoms with Crippen molar-refractivity contribution in [3.8, 4) is 23.6 Å². The lowest BCUT2D eigenvalue weighted by molar-refractivity contribution is -0.141. The number of halogens is 5. The lowest BCUT2D eigenvalue weighted by atomic mass is 10.0. The number of aromatic nitrogens is 1. The standard InChI is InChI=1S/C31H22F5N3O3S/c1-3-21-16-20(17-26(33)30(21)38-43(2,41)42)19-39(25-10-5-4-6-11-25)28(40)15-13-22-12-14-27(31(34,35)36)37-29(22)23-8-7-9-24(32)18-23/h1,4-18,38H,19H2,2H3/b15-13+. The van der Waals surface area contributed by atoms with Crippen molar-refractivity contribution in [2.45, 2.75) is 12.7 Å². The van der Waals surface area contributed by atoms with E-state index in [4.69, 9.17) is 6.42 Å². The molecule has 1 aromatic heterocycles. The van der Waals surface area contributed by atoms with Crippen LogP contribution in [-0.2, 0) is 27.5 Å². The Morgan fingerprint density at radius 2 is 1.74 bits per heavy atom. The molecule has 1 amide bonds. The van der Waals surface area contributed by atoms with Gasteiger partial charge in [-0.05, 0) is 54.1 Å². The van der Waals surface area contributed by atoms with Gasteiger partial charge in [-0.2, -0.15) is 13.2 Å². The molecule has 0 saturated carbocycles. The van der Waals surface area contributed by atoms with E-state index in [2.05, 4.69) is 10.9 Å². The van der Waals surface area contributed by atoms with Gasteiger partial charge in [0.2, 0.25) is 10.0 Å². The Morgan fingerprint density at radius 3 is 2.37 bits per heavy atom. The van der Waals surface area contributed by atoms with Crippen LogP contribution in [0.4, 0.5) is 33.3 Å². The summed E-state index contributed by atoms with van der Waals surface area (Å²) in [7, 11) is -3.84. The number of hydrogen-bond donors (Lipinski definition) is 1. The van der Waals surface area contributed by atoms with Crippen molar-refractivity contribution in [2.75, 3.05) is 15.9 Å². The molecule has 4 rings (SSSR count). The number of rotatable bonds is 8. The van der Waals surface area contributed by atoms with E-state index in [1.54, 1.807) is 30.3 Å². The van der Waals surface area contributed by atoms with Gasteiger partial charge < -0.3 is 4.90 Å². The third-order valence-corrected chi connectivity index (χ3v) is 6.56. The van der Waals surface area contributed by atoms with Gasteiger partial charge in [-0.3, -0.25) is 9.52 Å². The van der Waals surface area contributed by atoms with Gasteiger partial charge in [-0.1, -0.05) is 42.3 Å². The predicted octanol–water partition coefficient (Wildman–Crippen LogP) is 6.65. The van der Waals surface area contributed by atoms with E-state index >= 15 is 0 Å². The number of hydrogen-bond acceptors (Lipinski definition) is 4. The molecule has 0 spiro atoms. The maximum atomic E-state index is 14.9. The van der Waals surface area contributed by atoms with Crippen molar-refractivity contribution in [1.29, 1.82) is 0 Å². The number of nitrogens with one attached hydrogen (secondary N) is 1. The molecule has 0 radical (unpaired) electrons. The molecule has 0 fully saturated rings. The number of terminal acetylenes is 1. The van der Waals surface area contributed by atoms with Crippen LogP contribution in [0.25, 0.3) is 17.3 Å². The van der Waals surface area contributed by atoms with Crippen LogP contribution < -0.4 is 9.62 Å². The highest BCUT2D eigenvalue weighted by atomic mass is 32.2. The average molecular weight is 612 g/mol. The summed E-state index contributed by atoms with van der Waals surface area (Å²) >= 11 is 0. The zero-order valence-corrected chi connectivity index (χ0v) is 23.2. The Kier molecular flexibility index (Phi) is 8.96. The minimum Gasteiger partial charge on any atom is -0.304 e. The van der Waals surface area contributed by atoms with E-state index in [-0.39, 0.29) is 34.5 Å². The minimum absolute atomic E-state index is 0.0678. The number of sulfonamides is 1. The second kappa shape index (κ2) is 12.5. The summed E-state index contributed by atoms with van der Waals surface area (Å²) < 4.78 is 94.5. The van der Waals surface area contributed by atoms with Crippen LogP contribution in [0.2, 0.25) is 0 Å². The molecule has 12 heteroatoms. The SMILES string of the molecule is C#Cc1cc(CN(C(=O)/C=C/c2ccc(C(F)(F)F)nc2-c2cccc(F)c2)c2ccccc2)cc(F)c1NS(C)(=O)=O. The van der Waals surface area contributed by atoms with Crippen molar-refractivity contribution in [2.24, 2.45) is 0 Å². The quantitative estimate of drug-likeness (QED) is 0.138. The number of amides is 1. The van der Waals surface area contributed by atoms with Crippen LogP contribution in [0, 0.1) is 24.0 Å². The van der Waals surface area contributed by atoms with E-state index in [0.29, 0.717) is 5.69 Å². The third-order valence-electron chi connectivity index (χ3n) is 5.99. The van der Waals surface area contributed by atoms with E-state index in [0.717, 1.165) is 42.7 Å². The number of anilines is 2. The Labute approximate surface area is 244 Å². The lowest BCUT2D eigenvalue weighted by Gasteiger charge is -2.22. The number of carbonyl (C=O) groups excluding carboxylic acids is 1.